The minimum Gasteiger partial charge on any atom is -0.445 e. The van der Waals surface area contributed by atoms with Crippen molar-refractivity contribution in [2.45, 2.75) is 18.7 Å². The summed E-state index contributed by atoms with van der Waals surface area (Å²) < 4.78 is 38.1. The lowest BCUT2D eigenvalue weighted by Gasteiger charge is -2.41. The lowest BCUT2D eigenvalue weighted by molar-refractivity contribution is -0.862. The molecule has 2 rings (SSSR count). The first-order valence-electron chi connectivity index (χ1n) is 9.35. The van der Waals surface area contributed by atoms with Gasteiger partial charge in [0.15, 0.2) is 6.17 Å². The van der Waals surface area contributed by atoms with E-state index in [9.17, 15) is 22.8 Å². The van der Waals surface area contributed by atoms with Gasteiger partial charge in [-0.05, 0) is 0 Å². The summed E-state index contributed by atoms with van der Waals surface area (Å²) in [6.45, 7) is 7.14. The molecule has 168 valence electrons. The molecule has 0 aromatic heterocycles. The smallest absolute Gasteiger partial charge is 0.445 e. The molecule has 3 amide bonds. The molecule has 2 aliphatic heterocycles. The fraction of sp³-hybridized carbons (Fsp3) is 0.611. The highest BCUT2D eigenvalue weighted by molar-refractivity contribution is 7.86. The second kappa shape index (κ2) is 9.58. The predicted molar refractivity (Wildman–Crippen MR) is 106 cm³/mol. The van der Waals surface area contributed by atoms with Crippen molar-refractivity contribution >= 4 is 28.2 Å². The monoisotopic (exact) mass is 446 g/mol. The summed E-state index contributed by atoms with van der Waals surface area (Å²) in [6, 6.07) is 0. The summed E-state index contributed by atoms with van der Waals surface area (Å²) >= 11 is 0. The number of amides is 3. The van der Waals surface area contributed by atoms with Gasteiger partial charge < -0.3 is 9.47 Å². The Morgan fingerprint density at radius 3 is 2.40 bits per heavy atom. The molecule has 2 fully saturated rings. The highest BCUT2D eigenvalue weighted by Gasteiger charge is 2.56. The SMILES string of the molecule is C=CCOC(=O)N1CCN([C@@H]2C[C@@H](OS(C)(=O)=O)C[N+]2(C)C(=O)OCC=C)C(=O)C1. The van der Waals surface area contributed by atoms with Gasteiger partial charge in [-0.1, -0.05) is 25.3 Å². The second-order valence-corrected chi connectivity index (χ2v) is 8.93. The van der Waals surface area contributed by atoms with Gasteiger partial charge in [0.25, 0.3) is 10.1 Å². The van der Waals surface area contributed by atoms with Gasteiger partial charge in [-0.2, -0.15) is 13.2 Å². The van der Waals surface area contributed by atoms with Gasteiger partial charge in [0, 0.05) is 13.1 Å². The Labute approximate surface area is 176 Å². The van der Waals surface area contributed by atoms with Gasteiger partial charge in [0.1, 0.15) is 32.4 Å². The summed E-state index contributed by atoms with van der Waals surface area (Å²) in [5.41, 5.74) is 0. The Morgan fingerprint density at radius 1 is 1.20 bits per heavy atom. The van der Waals surface area contributed by atoms with E-state index in [0.29, 0.717) is 0 Å². The molecule has 2 heterocycles. The minimum absolute atomic E-state index is 0.0165. The van der Waals surface area contributed by atoms with E-state index < -0.39 is 34.6 Å². The van der Waals surface area contributed by atoms with Crippen molar-refractivity contribution in [1.29, 1.82) is 0 Å². The first-order valence-corrected chi connectivity index (χ1v) is 11.2. The number of quaternary nitrogens is 1. The summed E-state index contributed by atoms with van der Waals surface area (Å²) in [6.07, 6.45) is 1.14. The number of carbonyl (C=O) groups excluding carboxylic acids is 3. The maximum Gasteiger partial charge on any atom is 0.517 e. The van der Waals surface area contributed by atoms with E-state index in [1.165, 1.54) is 22.0 Å². The number of carbonyl (C=O) groups is 3. The van der Waals surface area contributed by atoms with E-state index in [1.54, 1.807) is 7.05 Å². The number of likely N-dealkylation sites (N-methyl/N-ethyl adjacent to an activating group) is 1. The van der Waals surface area contributed by atoms with Crippen LogP contribution in [0.5, 0.6) is 0 Å². The van der Waals surface area contributed by atoms with Crippen molar-refractivity contribution in [3.8, 4) is 0 Å². The number of nitrogens with zero attached hydrogens (tertiary/aromatic N) is 3. The Hall–Kier alpha value is -2.44. The number of hydrogen-bond donors (Lipinski definition) is 0. The number of likely N-dealkylation sites (tertiary alicyclic amines) is 1. The third kappa shape index (κ3) is 5.58. The molecule has 11 nitrogen and oxygen atoms in total. The van der Waals surface area contributed by atoms with Gasteiger partial charge in [-0.3, -0.25) is 18.8 Å². The summed E-state index contributed by atoms with van der Waals surface area (Å²) in [5.74, 6) is -0.386. The van der Waals surface area contributed by atoms with Crippen LogP contribution in [0.4, 0.5) is 9.59 Å². The van der Waals surface area contributed by atoms with E-state index in [2.05, 4.69) is 13.2 Å². The van der Waals surface area contributed by atoms with Crippen LogP contribution in [0.15, 0.2) is 25.3 Å². The van der Waals surface area contributed by atoms with Crippen molar-refractivity contribution in [3.05, 3.63) is 25.3 Å². The maximum atomic E-state index is 12.8. The molecule has 0 aromatic rings. The van der Waals surface area contributed by atoms with Gasteiger partial charge >= 0.3 is 12.2 Å². The maximum absolute atomic E-state index is 12.8. The molecule has 30 heavy (non-hydrogen) atoms. The van der Waals surface area contributed by atoms with Gasteiger partial charge in [-0.25, -0.2) is 9.28 Å². The third-order valence-corrected chi connectivity index (χ3v) is 5.59. The normalized spacial score (nSPS) is 26.9. The van der Waals surface area contributed by atoms with Crippen LogP contribution in [-0.4, -0.2) is 106 Å². The lowest BCUT2D eigenvalue weighted by atomic mass is 10.2. The molecule has 1 unspecified atom stereocenters. The standard InChI is InChI=1S/C18H28N3O8S/c1-5-9-27-17(23)19-7-8-20(16(22)12-19)15-11-14(29-30(4,25)26)13-21(15,3)18(24)28-10-6-2/h5-6,14-15H,1-2,7-13H2,3-4H3/q+1/t14-,15+,21?/m1/s1. The topological polar surface area (TPSA) is 120 Å². The van der Waals surface area contributed by atoms with Crippen LogP contribution in [0, 0.1) is 0 Å². The highest BCUT2D eigenvalue weighted by Crippen LogP contribution is 2.32. The van der Waals surface area contributed by atoms with Crippen LogP contribution < -0.4 is 0 Å². The number of rotatable bonds is 7. The zero-order valence-electron chi connectivity index (χ0n) is 17.2. The predicted octanol–water partition coefficient (Wildman–Crippen LogP) is 0.297. The van der Waals surface area contributed by atoms with E-state index >= 15 is 0 Å². The molecule has 3 atom stereocenters. The van der Waals surface area contributed by atoms with E-state index in [-0.39, 0.29) is 56.2 Å². The lowest BCUT2D eigenvalue weighted by Crippen LogP contribution is -2.65. The summed E-state index contributed by atoms with van der Waals surface area (Å²) in [4.78, 5) is 40.3. The highest BCUT2D eigenvalue weighted by atomic mass is 32.2. The molecular weight excluding hydrogens is 418 g/mol. The molecule has 2 saturated heterocycles. The van der Waals surface area contributed by atoms with Crippen molar-refractivity contribution in [2.24, 2.45) is 0 Å². The molecule has 12 heteroatoms. The van der Waals surface area contributed by atoms with Crippen molar-refractivity contribution in [1.82, 2.24) is 9.80 Å². The summed E-state index contributed by atoms with van der Waals surface area (Å²) in [5, 5.41) is 0. The largest absolute Gasteiger partial charge is 0.517 e. The second-order valence-electron chi connectivity index (χ2n) is 7.33. The molecule has 0 bridgehead atoms. The molecule has 0 N–H and O–H groups in total. The number of piperazine rings is 1. The van der Waals surface area contributed by atoms with Crippen LogP contribution in [0.3, 0.4) is 0 Å². The zero-order valence-corrected chi connectivity index (χ0v) is 18.0. The Balaban J connectivity index is 2.19. The molecule has 0 saturated carbocycles. The molecule has 2 aliphatic rings. The quantitative estimate of drug-likeness (QED) is 0.311. The fourth-order valence-electron chi connectivity index (χ4n) is 3.69. The zero-order chi connectivity index (χ0) is 22.5. The van der Waals surface area contributed by atoms with Crippen molar-refractivity contribution in [3.63, 3.8) is 0 Å². The average Bonchev–Trinajstić information content (AvgIpc) is 2.99. The fourth-order valence-corrected chi connectivity index (χ4v) is 4.33. The molecule has 0 aromatic carbocycles. The van der Waals surface area contributed by atoms with E-state index in [0.717, 1.165) is 6.26 Å². The first-order chi connectivity index (χ1) is 14.0. The molecular formula is C18H28N3O8S+. The van der Waals surface area contributed by atoms with Crippen molar-refractivity contribution < 1.29 is 40.9 Å². The van der Waals surface area contributed by atoms with Crippen LogP contribution >= 0.6 is 0 Å². The van der Waals surface area contributed by atoms with Crippen LogP contribution in [0.2, 0.25) is 0 Å². The van der Waals surface area contributed by atoms with Crippen LogP contribution in [-0.2, 0) is 28.6 Å². The van der Waals surface area contributed by atoms with Crippen LogP contribution in [0.1, 0.15) is 6.42 Å². The van der Waals surface area contributed by atoms with E-state index in [1.807, 2.05) is 0 Å². The van der Waals surface area contributed by atoms with Gasteiger partial charge in [-0.15, -0.1) is 0 Å². The minimum atomic E-state index is -3.76. The number of ether oxygens (including phenoxy) is 2. The molecule has 0 radical (unpaired) electrons. The molecule has 0 aliphatic carbocycles. The Morgan fingerprint density at radius 2 is 1.83 bits per heavy atom. The third-order valence-electron chi connectivity index (χ3n) is 4.97. The number of hydrogen-bond acceptors (Lipinski definition) is 8. The van der Waals surface area contributed by atoms with Crippen LogP contribution in [0.25, 0.3) is 0 Å². The summed E-state index contributed by atoms with van der Waals surface area (Å²) in [7, 11) is -2.19. The average molecular weight is 447 g/mol. The van der Waals surface area contributed by atoms with E-state index in [4.69, 9.17) is 13.7 Å². The van der Waals surface area contributed by atoms with Crippen molar-refractivity contribution in [2.75, 3.05) is 52.7 Å². The van der Waals surface area contributed by atoms with Gasteiger partial charge in [0.2, 0.25) is 5.91 Å². The first kappa shape index (κ1) is 23.8. The Kier molecular flexibility index (Phi) is 7.61. The Bertz CT molecular complexity index is 814. The molecule has 0 spiro atoms. The van der Waals surface area contributed by atoms with Gasteiger partial charge in [0.05, 0.1) is 19.7 Å².